The second-order valence-corrected chi connectivity index (χ2v) is 6.93. The maximum absolute atomic E-state index is 14.8. The number of carbonyl (C=O) groups is 1. The third-order valence-electron chi connectivity index (χ3n) is 5.11. The lowest BCUT2D eigenvalue weighted by Crippen LogP contribution is -2.31. The number of anilines is 1. The Hall–Kier alpha value is -3.23. The standard InChI is InChI=1S/C18H15FN4O4/c19-13-5-11-15(24)12(18(25)26)8-23(10-1-2-10)16(11)21-17(13)22-4-3-14-9(7-22)6-20-27-14/h5-6,8,10H,1-4,7H2,(H,25,26). The Morgan fingerprint density at radius 1 is 1.37 bits per heavy atom. The van der Waals surface area contributed by atoms with Crippen molar-refractivity contribution in [2.24, 2.45) is 0 Å². The largest absolute Gasteiger partial charge is 0.477 e. The number of hydrogen-bond acceptors (Lipinski definition) is 6. The third kappa shape index (κ3) is 2.49. The van der Waals surface area contributed by atoms with Crippen molar-refractivity contribution in [2.75, 3.05) is 11.4 Å². The summed E-state index contributed by atoms with van der Waals surface area (Å²) in [7, 11) is 0. The van der Waals surface area contributed by atoms with Gasteiger partial charge in [0.05, 0.1) is 11.6 Å². The van der Waals surface area contributed by atoms with Gasteiger partial charge in [-0.3, -0.25) is 4.79 Å². The Bertz CT molecular complexity index is 1150. The SMILES string of the molecule is O=C(O)c1cn(C2CC2)c2nc(N3CCc4oncc4C3)c(F)cc2c1=O. The van der Waals surface area contributed by atoms with E-state index in [0.717, 1.165) is 30.2 Å². The number of hydrogen-bond donors (Lipinski definition) is 1. The highest BCUT2D eigenvalue weighted by Gasteiger charge is 2.29. The highest BCUT2D eigenvalue weighted by molar-refractivity contribution is 5.92. The molecule has 9 heteroatoms. The molecule has 0 amide bonds. The van der Waals surface area contributed by atoms with Crippen LogP contribution in [-0.2, 0) is 13.0 Å². The molecule has 3 aromatic heterocycles. The molecule has 0 bridgehead atoms. The van der Waals surface area contributed by atoms with Crippen molar-refractivity contribution in [1.29, 1.82) is 0 Å². The molecular weight excluding hydrogens is 355 g/mol. The second-order valence-electron chi connectivity index (χ2n) is 6.93. The zero-order valence-electron chi connectivity index (χ0n) is 14.2. The maximum atomic E-state index is 14.8. The molecule has 0 spiro atoms. The summed E-state index contributed by atoms with van der Waals surface area (Å²) in [4.78, 5) is 30.1. The van der Waals surface area contributed by atoms with Crippen molar-refractivity contribution in [1.82, 2.24) is 14.7 Å². The zero-order chi connectivity index (χ0) is 18.7. The van der Waals surface area contributed by atoms with Gasteiger partial charge in [0.25, 0.3) is 0 Å². The highest BCUT2D eigenvalue weighted by Crippen LogP contribution is 2.37. The van der Waals surface area contributed by atoms with Gasteiger partial charge < -0.3 is 19.1 Å². The molecule has 0 unspecified atom stereocenters. The van der Waals surface area contributed by atoms with E-state index in [2.05, 4.69) is 10.1 Å². The number of nitrogens with zero attached hydrogens (tertiary/aromatic N) is 4. The Morgan fingerprint density at radius 3 is 2.93 bits per heavy atom. The fraction of sp³-hybridized carbons (Fsp3) is 0.333. The van der Waals surface area contributed by atoms with Crippen LogP contribution in [0, 0.1) is 5.82 Å². The predicted molar refractivity (Wildman–Crippen MR) is 92.4 cm³/mol. The number of rotatable bonds is 3. The fourth-order valence-corrected chi connectivity index (χ4v) is 3.56. The summed E-state index contributed by atoms with van der Waals surface area (Å²) in [6, 6.07) is 1.19. The van der Waals surface area contributed by atoms with Crippen LogP contribution in [0.5, 0.6) is 0 Å². The van der Waals surface area contributed by atoms with Crippen LogP contribution in [0.25, 0.3) is 11.0 Å². The summed E-state index contributed by atoms with van der Waals surface area (Å²) < 4.78 is 21.7. The quantitative estimate of drug-likeness (QED) is 0.753. The summed E-state index contributed by atoms with van der Waals surface area (Å²) in [5.74, 6) is -1.04. The van der Waals surface area contributed by atoms with Crippen LogP contribution in [0.15, 0.2) is 27.8 Å². The Morgan fingerprint density at radius 2 is 2.19 bits per heavy atom. The number of halogens is 1. The maximum Gasteiger partial charge on any atom is 0.341 e. The van der Waals surface area contributed by atoms with Crippen LogP contribution in [0.3, 0.4) is 0 Å². The first-order valence-electron chi connectivity index (χ1n) is 8.69. The molecule has 4 heterocycles. The topological polar surface area (TPSA) is 101 Å². The lowest BCUT2D eigenvalue weighted by Gasteiger charge is -2.27. The molecule has 1 N–H and O–H groups in total. The van der Waals surface area contributed by atoms with Crippen molar-refractivity contribution in [2.45, 2.75) is 31.8 Å². The van der Waals surface area contributed by atoms with Crippen molar-refractivity contribution in [3.63, 3.8) is 0 Å². The van der Waals surface area contributed by atoms with E-state index in [9.17, 15) is 19.1 Å². The van der Waals surface area contributed by atoms with Gasteiger partial charge in [0.1, 0.15) is 17.0 Å². The summed E-state index contributed by atoms with van der Waals surface area (Å²) in [6.07, 6.45) is 5.27. The number of aromatic nitrogens is 3. The fourth-order valence-electron chi connectivity index (χ4n) is 3.56. The minimum atomic E-state index is -1.32. The van der Waals surface area contributed by atoms with Crippen LogP contribution in [0.2, 0.25) is 0 Å². The molecule has 3 aromatic rings. The zero-order valence-corrected chi connectivity index (χ0v) is 14.2. The molecule has 0 aromatic carbocycles. The van der Waals surface area contributed by atoms with Gasteiger partial charge in [-0.15, -0.1) is 0 Å². The van der Waals surface area contributed by atoms with Gasteiger partial charge in [0, 0.05) is 37.3 Å². The van der Waals surface area contributed by atoms with Crippen molar-refractivity contribution >= 4 is 22.8 Å². The Labute approximate surface area is 151 Å². The minimum absolute atomic E-state index is 0.00859. The molecule has 2 aliphatic rings. The van der Waals surface area contributed by atoms with E-state index in [1.807, 2.05) is 0 Å². The molecule has 27 heavy (non-hydrogen) atoms. The van der Waals surface area contributed by atoms with Gasteiger partial charge in [-0.25, -0.2) is 14.2 Å². The molecule has 1 aliphatic heterocycles. The van der Waals surface area contributed by atoms with Crippen molar-refractivity contribution < 1.29 is 18.8 Å². The summed E-state index contributed by atoms with van der Waals surface area (Å²) in [5.41, 5.74) is 0.117. The lowest BCUT2D eigenvalue weighted by molar-refractivity contribution is 0.0695. The number of aromatic carboxylic acids is 1. The lowest BCUT2D eigenvalue weighted by atomic mass is 10.1. The van der Waals surface area contributed by atoms with Crippen LogP contribution in [-0.4, -0.2) is 32.3 Å². The van der Waals surface area contributed by atoms with E-state index in [1.165, 1.54) is 6.20 Å². The predicted octanol–water partition coefficient (Wildman–Crippen LogP) is 2.12. The average molecular weight is 370 g/mol. The van der Waals surface area contributed by atoms with E-state index in [0.29, 0.717) is 25.2 Å². The molecule has 8 nitrogen and oxygen atoms in total. The van der Waals surface area contributed by atoms with E-state index >= 15 is 0 Å². The van der Waals surface area contributed by atoms with Crippen molar-refractivity contribution in [3.8, 4) is 0 Å². The Balaban J connectivity index is 1.68. The molecule has 5 rings (SSSR count). The van der Waals surface area contributed by atoms with Crippen LogP contribution in [0.4, 0.5) is 10.2 Å². The molecule has 1 saturated carbocycles. The van der Waals surface area contributed by atoms with E-state index in [1.54, 1.807) is 15.7 Å². The average Bonchev–Trinajstić information content (AvgIpc) is 3.38. The van der Waals surface area contributed by atoms with E-state index < -0.39 is 17.2 Å². The number of fused-ring (bicyclic) bond motifs is 2. The first-order valence-corrected chi connectivity index (χ1v) is 8.69. The molecule has 0 saturated heterocycles. The molecule has 0 radical (unpaired) electrons. The third-order valence-corrected chi connectivity index (χ3v) is 5.11. The normalized spacial score (nSPS) is 16.6. The van der Waals surface area contributed by atoms with E-state index in [4.69, 9.17) is 4.52 Å². The smallest absolute Gasteiger partial charge is 0.341 e. The van der Waals surface area contributed by atoms with Gasteiger partial charge in [-0.2, -0.15) is 0 Å². The molecule has 1 fully saturated rings. The van der Waals surface area contributed by atoms with Gasteiger partial charge in [-0.05, 0) is 18.9 Å². The molecule has 138 valence electrons. The molecule has 0 atom stereocenters. The van der Waals surface area contributed by atoms with Crippen LogP contribution >= 0.6 is 0 Å². The summed E-state index contributed by atoms with van der Waals surface area (Å²) in [6.45, 7) is 0.924. The summed E-state index contributed by atoms with van der Waals surface area (Å²) in [5, 5.41) is 13.1. The first kappa shape index (κ1) is 16.0. The summed E-state index contributed by atoms with van der Waals surface area (Å²) >= 11 is 0. The first-order chi connectivity index (χ1) is 13.0. The molecule has 1 aliphatic carbocycles. The van der Waals surface area contributed by atoms with Gasteiger partial charge in [0.2, 0.25) is 5.43 Å². The van der Waals surface area contributed by atoms with Crippen LogP contribution < -0.4 is 10.3 Å². The van der Waals surface area contributed by atoms with Gasteiger partial charge in [0.15, 0.2) is 11.6 Å². The number of carboxylic acids is 1. The number of carboxylic acid groups (broad SMARTS) is 1. The molecular formula is C18H15FN4O4. The van der Waals surface area contributed by atoms with Crippen LogP contribution in [0.1, 0.15) is 40.6 Å². The minimum Gasteiger partial charge on any atom is -0.477 e. The Kier molecular flexibility index (Phi) is 3.33. The monoisotopic (exact) mass is 370 g/mol. The highest BCUT2D eigenvalue weighted by atomic mass is 19.1. The van der Waals surface area contributed by atoms with Crippen molar-refractivity contribution in [3.05, 3.63) is 51.4 Å². The van der Waals surface area contributed by atoms with Gasteiger partial charge in [-0.1, -0.05) is 5.16 Å². The van der Waals surface area contributed by atoms with Gasteiger partial charge >= 0.3 is 5.97 Å². The second kappa shape index (κ2) is 5.63. The van der Waals surface area contributed by atoms with E-state index in [-0.39, 0.29) is 22.8 Å². The number of pyridine rings is 2.